The third-order valence-electron chi connectivity index (χ3n) is 5.93. The Morgan fingerprint density at radius 1 is 0.872 bits per heavy atom. The summed E-state index contributed by atoms with van der Waals surface area (Å²) in [5.41, 5.74) is 3.38. The molecule has 1 fully saturated rings. The lowest BCUT2D eigenvalue weighted by molar-refractivity contribution is -0.122. The SMILES string of the molecule is O=C1/C(=C\c2cc(Cl)cc(Cl)c2OCc2ccc(F)cc2)SC(=NCc2ccccc2)N1Cc1ccccc1. The second kappa shape index (κ2) is 12.5. The van der Waals surface area contributed by atoms with Crippen LogP contribution in [0.3, 0.4) is 0 Å². The number of amidine groups is 1. The van der Waals surface area contributed by atoms with Gasteiger partial charge in [-0.3, -0.25) is 14.7 Å². The van der Waals surface area contributed by atoms with Gasteiger partial charge in [0, 0.05) is 10.6 Å². The molecule has 1 aliphatic heterocycles. The number of thioether (sulfide) groups is 1. The number of hydrogen-bond acceptors (Lipinski definition) is 4. The first-order valence-corrected chi connectivity index (χ1v) is 13.7. The topological polar surface area (TPSA) is 41.9 Å². The predicted octanol–water partition coefficient (Wildman–Crippen LogP) is 8.38. The first-order valence-electron chi connectivity index (χ1n) is 12.2. The zero-order valence-corrected chi connectivity index (χ0v) is 23.0. The molecule has 5 rings (SSSR count). The van der Waals surface area contributed by atoms with E-state index in [1.165, 1.54) is 23.9 Å². The van der Waals surface area contributed by atoms with Gasteiger partial charge in [-0.05, 0) is 58.8 Å². The molecular weight excluding hydrogens is 554 g/mol. The van der Waals surface area contributed by atoms with Crippen LogP contribution >= 0.6 is 35.0 Å². The first kappa shape index (κ1) is 27.0. The van der Waals surface area contributed by atoms with Crippen LogP contribution in [-0.4, -0.2) is 16.0 Å². The van der Waals surface area contributed by atoms with Crippen LogP contribution in [-0.2, 0) is 24.5 Å². The minimum absolute atomic E-state index is 0.169. The van der Waals surface area contributed by atoms with Crippen molar-refractivity contribution in [3.8, 4) is 5.75 Å². The van der Waals surface area contributed by atoms with Crippen LogP contribution in [0.2, 0.25) is 10.0 Å². The van der Waals surface area contributed by atoms with Gasteiger partial charge in [-0.25, -0.2) is 4.39 Å². The average molecular weight is 578 g/mol. The molecule has 4 nitrogen and oxygen atoms in total. The van der Waals surface area contributed by atoms with Crippen LogP contribution in [0.5, 0.6) is 5.75 Å². The van der Waals surface area contributed by atoms with Crippen molar-refractivity contribution in [2.24, 2.45) is 4.99 Å². The summed E-state index contributed by atoms with van der Waals surface area (Å²) in [6, 6.07) is 29.0. The molecule has 196 valence electrons. The minimum atomic E-state index is -0.324. The maximum absolute atomic E-state index is 13.6. The van der Waals surface area contributed by atoms with Crippen molar-refractivity contribution in [3.05, 3.63) is 140 Å². The fraction of sp³-hybridized carbons (Fsp3) is 0.0968. The Morgan fingerprint density at radius 3 is 2.23 bits per heavy atom. The number of amides is 1. The fourth-order valence-corrected chi connectivity index (χ4v) is 5.52. The number of halogens is 3. The van der Waals surface area contributed by atoms with E-state index in [1.54, 1.807) is 35.2 Å². The highest BCUT2D eigenvalue weighted by Crippen LogP contribution is 2.39. The van der Waals surface area contributed by atoms with E-state index in [9.17, 15) is 9.18 Å². The Balaban J connectivity index is 1.46. The van der Waals surface area contributed by atoms with Crippen molar-refractivity contribution in [2.45, 2.75) is 19.7 Å². The minimum Gasteiger partial charge on any atom is -0.487 e. The molecule has 39 heavy (non-hydrogen) atoms. The van der Waals surface area contributed by atoms with Crippen LogP contribution in [0.4, 0.5) is 4.39 Å². The Labute approximate surface area is 240 Å². The van der Waals surface area contributed by atoms with Crippen molar-refractivity contribution < 1.29 is 13.9 Å². The molecule has 1 saturated heterocycles. The number of ether oxygens (including phenoxy) is 1. The second-order valence-electron chi connectivity index (χ2n) is 8.79. The van der Waals surface area contributed by atoms with Gasteiger partial charge in [0.05, 0.1) is 23.0 Å². The molecule has 4 aromatic carbocycles. The van der Waals surface area contributed by atoms with E-state index in [-0.39, 0.29) is 18.3 Å². The Bertz CT molecular complexity index is 1530. The second-order valence-corrected chi connectivity index (χ2v) is 10.6. The van der Waals surface area contributed by atoms with E-state index < -0.39 is 0 Å². The van der Waals surface area contributed by atoms with Gasteiger partial charge in [-0.2, -0.15) is 0 Å². The Hall–Kier alpha value is -3.58. The molecule has 8 heteroatoms. The zero-order chi connectivity index (χ0) is 27.2. The molecule has 0 aliphatic carbocycles. The fourth-order valence-electron chi connectivity index (χ4n) is 3.99. The average Bonchev–Trinajstić information content (AvgIpc) is 3.22. The van der Waals surface area contributed by atoms with Gasteiger partial charge in [0.2, 0.25) is 0 Å². The van der Waals surface area contributed by atoms with Crippen LogP contribution in [0.15, 0.2) is 107 Å². The number of hydrogen-bond donors (Lipinski definition) is 0. The Morgan fingerprint density at radius 2 is 1.54 bits per heavy atom. The molecule has 0 radical (unpaired) electrons. The molecule has 0 N–H and O–H groups in total. The molecule has 4 aromatic rings. The quantitative estimate of drug-likeness (QED) is 0.198. The van der Waals surface area contributed by atoms with Crippen molar-refractivity contribution in [1.29, 1.82) is 0 Å². The summed E-state index contributed by atoms with van der Waals surface area (Å²) in [6.45, 7) is 1.01. The van der Waals surface area contributed by atoms with Crippen molar-refractivity contribution in [3.63, 3.8) is 0 Å². The van der Waals surface area contributed by atoms with E-state index in [2.05, 4.69) is 0 Å². The lowest BCUT2D eigenvalue weighted by Gasteiger charge is -2.16. The number of benzene rings is 4. The lowest BCUT2D eigenvalue weighted by Crippen LogP contribution is -2.28. The highest BCUT2D eigenvalue weighted by molar-refractivity contribution is 8.18. The summed E-state index contributed by atoms with van der Waals surface area (Å²) in [5.74, 6) is -0.109. The van der Waals surface area contributed by atoms with Crippen molar-refractivity contribution in [2.75, 3.05) is 0 Å². The summed E-state index contributed by atoms with van der Waals surface area (Å²) < 4.78 is 19.3. The molecule has 1 heterocycles. The Kier molecular flexibility index (Phi) is 8.67. The summed E-state index contributed by atoms with van der Waals surface area (Å²) in [5, 5.41) is 1.34. The van der Waals surface area contributed by atoms with Gasteiger partial charge in [0.15, 0.2) is 5.17 Å². The van der Waals surface area contributed by atoms with Crippen LogP contribution in [0, 0.1) is 5.82 Å². The smallest absolute Gasteiger partial charge is 0.267 e. The third-order valence-corrected chi connectivity index (χ3v) is 7.47. The maximum Gasteiger partial charge on any atom is 0.267 e. The monoisotopic (exact) mass is 576 g/mol. The number of carbonyl (C=O) groups excluding carboxylic acids is 1. The zero-order valence-electron chi connectivity index (χ0n) is 20.7. The predicted molar refractivity (Wildman–Crippen MR) is 157 cm³/mol. The van der Waals surface area contributed by atoms with Crippen molar-refractivity contribution >= 4 is 52.1 Å². The van der Waals surface area contributed by atoms with E-state index in [0.717, 1.165) is 16.7 Å². The molecule has 1 amide bonds. The van der Waals surface area contributed by atoms with Crippen LogP contribution < -0.4 is 4.74 Å². The largest absolute Gasteiger partial charge is 0.487 e. The van der Waals surface area contributed by atoms with E-state index in [1.807, 2.05) is 60.7 Å². The highest BCUT2D eigenvalue weighted by Gasteiger charge is 2.33. The summed E-state index contributed by atoms with van der Waals surface area (Å²) in [6.07, 6.45) is 1.73. The van der Waals surface area contributed by atoms with E-state index >= 15 is 0 Å². The van der Waals surface area contributed by atoms with Gasteiger partial charge in [0.1, 0.15) is 18.2 Å². The summed E-state index contributed by atoms with van der Waals surface area (Å²) >= 11 is 14.1. The van der Waals surface area contributed by atoms with Crippen molar-refractivity contribution in [1.82, 2.24) is 4.90 Å². The molecular formula is C31H23Cl2FN2O2S. The van der Waals surface area contributed by atoms with Gasteiger partial charge in [-0.15, -0.1) is 0 Å². The van der Waals surface area contributed by atoms with E-state index in [4.69, 9.17) is 32.9 Å². The maximum atomic E-state index is 13.6. The van der Waals surface area contributed by atoms with E-state index in [0.29, 0.717) is 44.5 Å². The molecule has 0 spiro atoms. The number of rotatable bonds is 8. The molecule has 0 aromatic heterocycles. The molecule has 0 unspecified atom stereocenters. The summed E-state index contributed by atoms with van der Waals surface area (Å²) in [7, 11) is 0. The standard InChI is InChI=1S/C31H23Cl2FN2O2S/c32-25-15-24(29(27(33)17-25)38-20-23-11-13-26(34)14-12-23)16-28-30(37)36(19-22-9-5-2-6-10-22)31(39-28)35-18-21-7-3-1-4-8-21/h1-17H,18-20H2/b28-16+,35-31?. The number of nitrogens with zero attached hydrogens (tertiary/aromatic N) is 2. The van der Waals surface area contributed by atoms with Gasteiger partial charge in [0.25, 0.3) is 5.91 Å². The lowest BCUT2D eigenvalue weighted by atomic mass is 10.1. The normalized spacial score (nSPS) is 15.4. The molecule has 0 atom stereocenters. The molecule has 0 saturated carbocycles. The van der Waals surface area contributed by atoms with Gasteiger partial charge < -0.3 is 4.74 Å². The highest BCUT2D eigenvalue weighted by atomic mass is 35.5. The van der Waals surface area contributed by atoms with Gasteiger partial charge in [-0.1, -0.05) is 96.0 Å². The molecule has 1 aliphatic rings. The van der Waals surface area contributed by atoms with Gasteiger partial charge >= 0.3 is 0 Å². The molecule has 0 bridgehead atoms. The third kappa shape index (κ3) is 6.90. The first-order chi connectivity index (χ1) is 19.0. The number of aliphatic imine (C=N–C) groups is 1. The summed E-state index contributed by atoms with van der Waals surface area (Å²) in [4.78, 5) is 20.6. The van der Waals surface area contributed by atoms with Crippen LogP contribution in [0.25, 0.3) is 6.08 Å². The van der Waals surface area contributed by atoms with Crippen LogP contribution in [0.1, 0.15) is 22.3 Å². The number of carbonyl (C=O) groups is 1.